The lowest BCUT2D eigenvalue weighted by Crippen LogP contribution is -2.22. The van der Waals surface area contributed by atoms with Gasteiger partial charge in [-0.15, -0.1) is 11.3 Å². The molecule has 1 unspecified atom stereocenters. The van der Waals surface area contributed by atoms with E-state index in [0.717, 1.165) is 11.3 Å². The molecule has 6 nitrogen and oxygen atoms in total. The molecule has 2 aromatic rings. The number of benzene rings is 1. The molecule has 0 radical (unpaired) electrons. The van der Waals surface area contributed by atoms with Gasteiger partial charge in [-0.05, 0) is 6.07 Å². The van der Waals surface area contributed by atoms with Gasteiger partial charge in [-0.25, -0.2) is 4.98 Å². The second-order valence-corrected chi connectivity index (χ2v) is 5.65. The van der Waals surface area contributed by atoms with Gasteiger partial charge in [0.2, 0.25) is 5.91 Å². The van der Waals surface area contributed by atoms with Gasteiger partial charge in [0.25, 0.3) is 0 Å². The topological polar surface area (TPSA) is 77.5 Å². The summed E-state index contributed by atoms with van der Waals surface area (Å²) in [6.45, 7) is 0.325. The number of hydrogen-bond donors (Lipinski definition) is 1. The molecular formula is C15H14N2O4S. The number of nitrogens with one attached hydrogen (secondary N) is 1. The molecule has 1 amide bonds. The van der Waals surface area contributed by atoms with E-state index in [1.165, 1.54) is 18.4 Å². The Labute approximate surface area is 131 Å². The minimum Gasteiger partial charge on any atom is -0.492 e. The Bertz CT molecular complexity index is 713. The van der Waals surface area contributed by atoms with Crippen molar-refractivity contribution in [3.63, 3.8) is 0 Å². The highest BCUT2D eigenvalue weighted by Gasteiger charge is 2.30. The highest BCUT2D eigenvalue weighted by atomic mass is 32.1. The van der Waals surface area contributed by atoms with Crippen molar-refractivity contribution in [2.75, 3.05) is 19.0 Å². The van der Waals surface area contributed by atoms with Crippen LogP contribution in [-0.4, -0.2) is 30.6 Å². The summed E-state index contributed by atoms with van der Waals surface area (Å²) in [5.74, 6) is -0.123. The molecule has 22 heavy (non-hydrogen) atoms. The lowest BCUT2D eigenvalue weighted by Gasteiger charge is -2.07. The van der Waals surface area contributed by atoms with E-state index in [9.17, 15) is 9.59 Å². The van der Waals surface area contributed by atoms with Crippen LogP contribution in [0.15, 0.2) is 29.6 Å². The number of ether oxygens (including phenoxy) is 2. The van der Waals surface area contributed by atoms with Crippen LogP contribution in [0.1, 0.15) is 17.2 Å². The van der Waals surface area contributed by atoms with Crippen molar-refractivity contribution >= 4 is 28.3 Å². The van der Waals surface area contributed by atoms with Gasteiger partial charge in [-0.1, -0.05) is 18.2 Å². The van der Waals surface area contributed by atoms with Crippen LogP contribution in [0.3, 0.4) is 0 Å². The van der Waals surface area contributed by atoms with Gasteiger partial charge in [-0.3, -0.25) is 9.59 Å². The fraction of sp³-hybridized carbons (Fsp3) is 0.267. The van der Waals surface area contributed by atoms with E-state index in [-0.39, 0.29) is 24.2 Å². The van der Waals surface area contributed by atoms with Crippen LogP contribution in [0.2, 0.25) is 0 Å². The van der Waals surface area contributed by atoms with E-state index < -0.39 is 0 Å². The number of para-hydroxylation sites is 1. The smallest absolute Gasteiger partial charge is 0.311 e. The number of carbonyl (C=O) groups is 2. The van der Waals surface area contributed by atoms with Crippen molar-refractivity contribution in [2.45, 2.75) is 12.3 Å². The van der Waals surface area contributed by atoms with E-state index >= 15 is 0 Å². The first kappa shape index (κ1) is 14.5. The molecule has 1 aromatic heterocycles. The van der Waals surface area contributed by atoms with Crippen molar-refractivity contribution < 1.29 is 19.1 Å². The summed E-state index contributed by atoms with van der Waals surface area (Å²) in [6.07, 6.45) is 0.0955. The molecule has 0 spiro atoms. The van der Waals surface area contributed by atoms with Crippen LogP contribution < -0.4 is 10.1 Å². The SMILES string of the molecule is COC(=O)Cc1csc(NC(=O)C2COc3ccccc32)n1. The molecule has 0 saturated carbocycles. The maximum atomic E-state index is 12.3. The quantitative estimate of drug-likeness (QED) is 0.872. The lowest BCUT2D eigenvalue weighted by molar-refractivity contribution is -0.139. The van der Waals surface area contributed by atoms with Gasteiger partial charge in [-0.2, -0.15) is 0 Å². The summed E-state index contributed by atoms with van der Waals surface area (Å²) in [5, 5.41) is 4.97. The largest absolute Gasteiger partial charge is 0.492 e. The highest BCUT2D eigenvalue weighted by Crippen LogP contribution is 2.34. The first-order chi connectivity index (χ1) is 10.7. The summed E-state index contributed by atoms with van der Waals surface area (Å²) in [7, 11) is 1.33. The molecule has 0 saturated heterocycles. The lowest BCUT2D eigenvalue weighted by atomic mass is 10.0. The van der Waals surface area contributed by atoms with Gasteiger partial charge < -0.3 is 14.8 Å². The van der Waals surface area contributed by atoms with Crippen LogP contribution >= 0.6 is 11.3 Å². The van der Waals surface area contributed by atoms with E-state index in [1.807, 2.05) is 24.3 Å². The second kappa shape index (κ2) is 6.15. The number of rotatable bonds is 4. The number of esters is 1. The van der Waals surface area contributed by atoms with Crippen molar-refractivity contribution in [2.24, 2.45) is 0 Å². The molecule has 114 valence electrons. The van der Waals surface area contributed by atoms with Gasteiger partial charge in [0, 0.05) is 10.9 Å². The van der Waals surface area contributed by atoms with Crippen molar-refractivity contribution in [3.8, 4) is 5.75 Å². The Morgan fingerprint density at radius 1 is 1.45 bits per heavy atom. The molecule has 0 aliphatic carbocycles. The minimum absolute atomic E-state index is 0.0955. The van der Waals surface area contributed by atoms with Gasteiger partial charge in [0.15, 0.2) is 5.13 Å². The number of nitrogens with zero attached hydrogens (tertiary/aromatic N) is 1. The van der Waals surface area contributed by atoms with Crippen LogP contribution in [0, 0.1) is 0 Å². The number of hydrogen-bond acceptors (Lipinski definition) is 6. The van der Waals surface area contributed by atoms with Gasteiger partial charge in [0.05, 0.1) is 19.2 Å². The summed E-state index contributed by atoms with van der Waals surface area (Å²) < 4.78 is 10.1. The van der Waals surface area contributed by atoms with Crippen molar-refractivity contribution in [3.05, 3.63) is 40.9 Å². The van der Waals surface area contributed by atoms with Gasteiger partial charge >= 0.3 is 5.97 Å². The molecule has 7 heteroatoms. The first-order valence-electron chi connectivity index (χ1n) is 6.71. The highest BCUT2D eigenvalue weighted by molar-refractivity contribution is 7.13. The maximum absolute atomic E-state index is 12.3. The zero-order chi connectivity index (χ0) is 15.5. The van der Waals surface area contributed by atoms with Crippen molar-refractivity contribution in [1.29, 1.82) is 0 Å². The van der Waals surface area contributed by atoms with E-state index in [4.69, 9.17) is 4.74 Å². The molecule has 2 heterocycles. The fourth-order valence-electron chi connectivity index (χ4n) is 2.24. The molecule has 1 aliphatic heterocycles. The van der Waals surface area contributed by atoms with Gasteiger partial charge in [0.1, 0.15) is 18.3 Å². The van der Waals surface area contributed by atoms with Crippen molar-refractivity contribution in [1.82, 2.24) is 4.98 Å². The minimum atomic E-state index is -0.360. The molecule has 1 atom stereocenters. The average molecular weight is 318 g/mol. The Kier molecular flexibility index (Phi) is 4.06. The third kappa shape index (κ3) is 2.94. The molecule has 1 N–H and O–H groups in total. The predicted octanol–water partition coefficient (Wildman–Crippen LogP) is 1.97. The number of aromatic nitrogens is 1. The summed E-state index contributed by atoms with van der Waals surface area (Å²) >= 11 is 1.28. The Hall–Kier alpha value is -2.41. The van der Waals surface area contributed by atoms with Crippen LogP contribution in [0.5, 0.6) is 5.75 Å². The summed E-state index contributed by atoms with van der Waals surface area (Å²) in [5.41, 5.74) is 1.46. The first-order valence-corrected chi connectivity index (χ1v) is 7.59. The molecular weight excluding hydrogens is 304 g/mol. The molecule has 3 rings (SSSR count). The normalized spacial score (nSPS) is 15.8. The third-order valence-corrected chi connectivity index (χ3v) is 4.16. The maximum Gasteiger partial charge on any atom is 0.311 e. The molecule has 0 fully saturated rings. The number of thiazole rings is 1. The zero-order valence-electron chi connectivity index (χ0n) is 11.9. The van der Waals surface area contributed by atoms with Crippen LogP contribution in [0.25, 0.3) is 0 Å². The standard InChI is InChI=1S/C15H14N2O4S/c1-20-13(18)6-9-8-22-15(16-9)17-14(19)11-7-21-12-5-3-2-4-10(11)12/h2-5,8,11H,6-7H2,1H3,(H,16,17,19). The van der Waals surface area contributed by atoms with E-state index in [0.29, 0.717) is 17.4 Å². The molecule has 1 aliphatic rings. The second-order valence-electron chi connectivity index (χ2n) is 4.79. The number of methoxy groups -OCH3 is 1. The number of carbonyl (C=O) groups excluding carboxylic acids is 2. The average Bonchev–Trinajstić information content (AvgIpc) is 3.13. The zero-order valence-corrected chi connectivity index (χ0v) is 12.7. The predicted molar refractivity (Wildman–Crippen MR) is 81.1 cm³/mol. The molecule has 1 aromatic carbocycles. The monoisotopic (exact) mass is 318 g/mol. The summed E-state index contributed by atoms with van der Waals surface area (Å²) in [6, 6.07) is 7.49. The number of amides is 1. The Morgan fingerprint density at radius 2 is 2.27 bits per heavy atom. The number of fused-ring (bicyclic) bond motifs is 1. The Balaban J connectivity index is 1.67. The molecule has 0 bridgehead atoms. The fourth-order valence-corrected chi connectivity index (χ4v) is 2.95. The van der Waals surface area contributed by atoms with E-state index in [2.05, 4.69) is 15.0 Å². The Morgan fingerprint density at radius 3 is 3.09 bits per heavy atom. The van der Waals surface area contributed by atoms with E-state index in [1.54, 1.807) is 5.38 Å². The van der Waals surface area contributed by atoms with Crippen LogP contribution in [-0.2, 0) is 20.7 Å². The summed E-state index contributed by atoms with van der Waals surface area (Å²) in [4.78, 5) is 27.8. The van der Waals surface area contributed by atoms with Crippen LogP contribution in [0.4, 0.5) is 5.13 Å². The number of anilines is 1. The third-order valence-electron chi connectivity index (χ3n) is 3.35.